The first-order valence-electron chi connectivity index (χ1n) is 9.11. The Balaban J connectivity index is 1.45. The molecule has 0 radical (unpaired) electrons. The quantitative estimate of drug-likeness (QED) is 0.820. The molecule has 134 valence electrons. The number of fused-ring (bicyclic) bond motifs is 3. The van der Waals surface area contributed by atoms with Crippen LogP contribution in [0, 0.1) is 5.92 Å². The summed E-state index contributed by atoms with van der Waals surface area (Å²) in [6.07, 6.45) is 9.75. The number of amides is 2. The molecule has 0 spiro atoms. The van der Waals surface area contributed by atoms with Crippen LogP contribution in [0.5, 0.6) is 0 Å². The van der Waals surface area contributed by atoms with E-state index >= 15 is 0 Å². The summed E-state index contributed by atoms with van der Waals surface area (Å²) in [6.45, 7) is 0. The molecule has 0 bridgehead atoms. The molecule has 1 aliphatic heterocycles. The molecule has 1 aromatic heterocycles. The largest absolute Gasteiger partial charge is 0.325 e. The molecule has 1 N–H and O–H groups in total. The third kappa shape index (κ3) is 2.86. The van der Waals surface area contributed by atoms with Gasteiger partial charge in [-0.25, -0.2) is 9.98 Å². The fourth-order valence-corrected chi connectivity index (χ4v) is 4.80. The second-order valence-corrected chi connectivity index (χ2v) is 7.96. The minimum atomic E-state index is -0.356. The van der Waals surface area contributed by atoms with E-state index in [-0.39, 0.29) is 17.7 Å². The summed E-state index contributed by atoms with van der Waals surface area (Å²) in [7, 11) is 0. The van der Waals surface area contributed by atoms with Gasteiger partial charge < -0.3 is 5.32 Å². The molecule has 0 saturated heterocycles. The maximum Gasteiger partial charge on any atom is 0.306 e. The monoisotopic (exact) mass is 375 g/mol. The van der Waals surface area contributed by atoms with Gasteiger partial charge in [0.25, 0.3) is 5.91 Å². The summed E-state index contributed by atoms with van der Waals surface area (Å²) in [5.41, 5.74) is 4.34. The normalized spacial score (nSPS) is 23.1. The number of benzene rings is 1. The standard InChI is InChI=1S/C21H17N3O2S/c25-19-15-6-2-1-5-13(15)14-10-9-12(11-17(14)23-19)22-20(26)21-24-16-7-3-4-8-18(16)27-21/h3-4,7-11,14H,1-2,5-6H2,(H,23,25). The smallest absolute Gasteiger partial charge is 0.306 e. The van der Waals surface area contributed by atoms with E-state index in [1.54, 1.807) is 0 Å². The lowest BCUT2D eigenvalue weighted by Gasteiger charge is -2.33. The van der Waals surface area contributed by atoms with Gasteiger partial charge in [-0.2, -0.15) is 0 Å². The Hall–Kier alpha value is -2.86. The third-order valence-corrected chi connectivity index (χ3v) is 6.25. The van der Waals surface area contributed by atoms with Crippen LogP contribution in [0.4, 0.5) is 0 Å². The van der Waals surface area contributed by atoms with Crippen molar-refractivity contribution in [1.82, 2.24) is 10.3 Å². The molecule has 5 rings (SSSR count). The summed E-state index contributed by atoms with van der Waals surface area (Å²) >= 11 is 1.34. The number of hydrogen-bond acceptors (Lipinski definition) is 4. The Kier molecular flexibility index (Phi) is 3.86. The van der Waals surface area contributed by atoms with Crippen LogP contribution in [-0.4, -0.2) is 22.5 Å². The van der Waals surface area contributed by atoms with Gasteiger partial charge in [0, 0.05) is 17.2 Å². The van der Waals surface area contributed by atoms with E-state index in [4.69, 9.17) is 0 Å². The van der Waals surface area contributed by atoms with Crippen LogP contribution < -0.4 is 5.32 Å². The van der Waals surface area contributed by atoms with Gasteiger partial charge in [0.15, 0.2) is 5.01 Å². The number of aromatic nitrogens is 1. The fraction of sp³-hybridized carbons (Fsp3) is 0.238. The first-order valence-corrected chi connectivity index (χ1v) is 9.92. The second kappa shape index (κ2) is 6.39. The van der Waals surface area contributed by atoms with Crippen molar-refractivity contribution in [2.75, 3.05) is 0 Å². The lowest BCUT2D eigenvalue weighted by atomic mass is 9.77. The zero-order valence-electron chi connectivity index (χ0n) is 14.6. The van der Waals surface area contributed by atoms with Crippen LogP contribution in [-0.2, 0) is 4.79 Å². The number of rotatable bonds is 1. The van der Waals surface area contributed by atoms with E-state index in [9.17, 15) is 9.59 Å². The molecule has 5 nitrogen and oxygen atoms in total. The highest BCUT2D eigenvalue weighted by atomic mass is 32.1. The van der Waals surface area contributed by atoms with Crippen LogP contribution in [0.15, 0.2) is 64.3 Å². The van der Waals surface area contributed by atoms with Crippen LogP contribution in [0.2, 0.25) is 0 Å². The number of thiazole rings is 1. The number of aliphatic imine (C=N–C) groups is 1. The summed E-state index contributed by atoms with van der Waals surface area (Å²) in [6, 6.07) is 7.65. The van der Waals surface area contributed by atoms with E-state index in [0.717, 1.165) is 47.2 Å². The third-order valence-electron chi connectivity index (χ3n) is 5.22. The fourth-order valence-electron chi connectivity index (χ4n) is 3.95. The summed E-state index contributed by atoms with van der Waals surface area (Å²) in [5, 5.41) is 3.37. The van der Waals surface area contributed by atoms with E-state index in [1.807, 2.05) is 42.5 Å². The maximum atomic E-state index is 12.5. The molecule has 6 heteroatoms. The number of hydrogen-bond donors (Lipinski definition) is 1. The van der Waals surface area contributed by atoms with Crippen molar-refractivity contribution in [3.05, 3.63) is 64.3 Å². The second-order valence-electron chi connectivity index (χ2n) is 6.93. The highest BCUT2D eigenvalue weighted by molar-refractivity contribution is 7.20. The van der Waals surface area contributed by atoms with Crippen LogP contribution in [0.1, 0.15) is 35.5 Å². The predicted octanol–water partition coefficient (Wildman–Crippen LogP) is 3.95. The Bertz CT molecular complexity index is 1070. The van der Waals surface area contributed by atoms with Crippen molar-refractivity contribution >= 4 is 39.1 Å². The number of nitrogens with one attached hydrogen (secondary N) is 1. The van der Waals surface area contributed by atoms with E-state index in [1.165, 1.54) is 16.9 Å². The van der Waals surface area contributed by atoms with Crippen molar-refractivity contribution in [1.29, 1.82) is 0 Å². The Morgan fingerprint density at radius 2 is 2.07 bits per heavy atom. The average molecular weight is 375 g/mol. The van der Waals surface area contributed by atoms with Gasteiger partial charge in [-0.15, -0.1) is 11.3 Å². The Morgan fingerprint density at radius 3 is 2.96 bits per heavy atom. The first kappa shape index (κ1) is 16.3. The van der Waals surface area contributed by atoms with Crippen molar-refractivity contribution < 1.29 is 9.59 Å². The first-order chi connectivity index (χ1) is 13.2. The highest BCUT2D eigenvalue weighted by Gasteiger charge is 2.33. The van der Waals surface area contributed by atoms with Crippen LogP contribution in [0.3, 0.4) is 0 Å². The van der Waals surface area contributed by atoms with E-state index in [0.29, 0.717) is 10.7 Å². The SMILES string of the molecule is O=C1NC2=CC(=NC(=O)c3nc4ccccc4s3)C=CC2C2=C1CCCC2. The molecule has 1 aromatic carbocycles. The lowest BCUT2D eigenvalue weighted by Crippen LogP contribution is -2.37. The van der Waals surface area contributed by atoms with E-state index in [2.05, 4.69) is 15.3 Å². The Labute approximate surface area is 160 Å². The van der Waals surface area contributed by atoms with Gasteiger partial charge in [0.2, 0.25) is 0 Å². The number of allylic oxidation sites excluding steroid dienone is 3. The molecule has 2 heterocycles. The van der Waals surface area contributed by atoms with Crippen LogP contribution >= 0.6 is 11.3 Å². The highest BCUT2D eigenvalue weighted by Crippen LogP contribution is 2.38. The molecule has 2 amide bonds. The molecule has 2 aromatic rings. The van der Waals surface area contributed by atoms with E-state index < -0.39 is 0 Å². The Morgan fingerprint density at radius 1 is 1.22 bits per heavy atom. The average Bonchev–Trinajstić information content (AvgIpc) is 3.12. The molecule has 0 saturated carbocycles. The van der Waals surface area contributed by atoms with Crippen molar-refractivity contribution in [2.24, 2.45) is 10.9 Å². The molecule has 3 aliphatic rings. The summed E-state index contributed by atoms with van der Waals surface area (Å²) in [4.78, 5) is 33.5. The minimum absolute atomic E-state index is 0.000602. The number of nitrogens with zero attached hydrogens (tertiary/aromatic N) is 2. The zero-order chi connectivity index (χ0) is 18.4. The molecular formula is C21H17N3O2S. The van der Waals surface area contributed by atoms with Gasteiger partial charge >= 0.3 is 5.91 Å². The topological polar surface area (TPSA) is 71.4 Å². The number of carbonyl (C=O) groups is 2. The van der Waals surface area contributed by atoms with Gasteiger partial charge in [-0.1, -0.05) is 18.2 Å². The van der Waals surface area contributed by atoms with Crippen molar-refractivity contribution in [2.45, 2.75) is 25.7 Å². The van der Waals surface area contributed by atoms with Crippen molar-refractivity contribution in [3.8, 4) is 0 Å². The number of para-hydroxylation sites is 1. The van der Waals surface area contributed by atoms with Gasteiger partial charge in [0.05, 0.1) is 15.9 Å². The van der Waals surface area contributed by atoms with Crippen molar-refractivity contribution in [3.63, 3.8) is 0 Å². The molecule has 2 aliphatic carbocycles. The van der Waals surface area contributed by atoms with Gasteiger partial charge in [-0.3, -0.25) is 9.59 Å². The van der Waals surface area contributed by atoms with Gasteiger partial charge in [0.1, 0.15) is 0 Å². The molecule has 1 atom stereocenters. The number of carbonyl (C=O) groups excluding carboxylic acids is 2. The van der Waals surface area contributed by atoms with Gasteiger partial charge in [-0.05, 0) is 55.5 Å². The summed E-state index contributed by atoms with van der Waals surface area (Å²) in [5.74, 6) is -0.250. The molecule has 1 unspecified atom stereocenters. The zero-order valence-corrected chi connectivity index (χ0v) is 15.4. The van der Waals surface area contributed by atoms with Crippen LogP contribution in [0.25, 0.3) is 10.2 Å². The summed E-state index contributed by atoms with van der Waals surface area (Å²) < 4.78 is 0.968. The predicted molar refractivity (Wildman–Crippen MR) is 106 cm³/mol. The lowest BCUT2D eigenvalue weighted by molar-refractivity contribution is -0.117. The molecular weight excluding hydrogens is 358 g/mol. The molecule has 27 heavy (non-hydrogen) atoms. The maximum absolute atomic E-state index is 12.5. The molecule has 0 fully saturated rings. The minimum Gasteiger partial charge on any atom is -0.325 e.